The van der Waals surface area contributed by atoms with Gasteiger partial charge in [-0.05, 0) is 6.42 Å². The number of nitrogens with two attached hydrogens (primary N) is 1. The Hall–Kier alpha value is -0.240. The van der Waals surface area contributed by atoms with Crippen molar-refractivity contribution in [1.29, 1.82) is 0 Å². The first-order valence-corrected chi connectivity index (χ1v) is 8.41. The maximum Gasteiger partial charge on any atom is 0.233 e. The summed E-state index contributed by atoms with van der Waals surface area (Å²) in [6, 6.07) is 0.0698. The minimum Gasteiger partial charge on any atom is -0.381 e. The fraction of sp³-hybridized carbons (Fsp3) is 0.818. The van der Waals surface area contributed by atoms with Crippen LogP contribution < -0.4 is 5.73 Å². The van der Waals surface area contributed by atoms with Crippen LogP contribution in [0.5, 0.6) is 0 Å². The summed E-state index contributed by atoms with van der Waals surface area (Å²) in [6.45, 7) is 1.32. The molecule has 2 fully saturated rings. The fourth-order valence-electron chi connectivity index (χ4n) is 2.17. The molecule has 18 heavy (non-hydrogen) atoms. The molecule has 7 heteroatoms. The number of hydrogen-bond donors (Lipinski definition) is 1. The molecule has 0 saturated carbocycles. The minimum absolute atomic E-state index is 0.0567. The molecule has 3 unspecified atom stereocenters. The van der Waals surface area contributed by atoms with Gasteiger partial charge in [-0.15, -0.1) is 11.8 Å². The van der Waals surface area contributed by atoms with E-state index in [4.69, 9.17) is 15.0 Å². The van der Waals surface area contributed by atoms with Crippen LogP contribution in [-0.2, 0) is 4.74 Å². The number of nitrogens with zero attached hydrogens (tertiary/aromatic N) is 2. The zero-order valence-electron chi connectivity index (χ0n) is 10.1. The van der Waals surface area contributed by atoms with Crippen LogP contribution in [0.3, 0.4) is 0 Å². The maximum absolute atomic E-state index is 6.08. The largest absolute Gasteiger partial charge is 0.381 e. The Morgan fingerprint density at radius 3 is 3.06 bits per heavy atom. The van der Waals surface area contributed by atoms with Gasteiger partial charge in [-0.1, -0.05) is 5.16 Å². The van der Waals surface area contributed by atoms with Crippen molar-refractivity contribution in [3.05, 3.63) is 11.7 Å². The van der Waals surface area contributed by atoms with Gasteiger partial charge in [0, 0.05) is 29.9 Å². The highest BCUT2D eigenvalue weighted by molar-refractivity contribution is 8.06. The second-order valence-electron chi connectivity index (χ2n) is 4.56. The molecule has 3 heterocycles. The Balaban J connectivity index is 1.71. The Morgan fingerprint density at radius 2 is 2.28 bits per heavy atom. The van der Waals surface area contributed by atoms with Gasteiger partial charge in [0.15, 0.2) is 5.82 Å². The average Bonchev–Trinajstić information content (AvgIpc) is 2.90. The normalized spacial score (nSPS) is 33.5. The van der Waals surface area contributed by atoms with Gasteiger partial charge in [0.25, 0.3) is 0 Å². The van der Waals surface area contributed by atoms with Crippen molar-refractivity contribution in [3.8, 4) is 0 Å². The van der Waals surface area contributed by atoms with E-state index in [1.165, 1.54) is 5.75 Å². The van der Waals surface area contributed by atoms with E-state index < -0.39 is 0 Å². The zero-order chi connectivity index (χ0) is 12.4. The SMILES string of the molecule is NC1CCOCC1c1nc(C2CSCCS2)no1. The van der Waals surface area contributed by atoms with Crippen molar-refractivity contribution < 1.29 is 9.26 Å². The second-order valence-corrected chi connectivity index (χ2v) is 7.02. The first-order chi connectivity index (χ1) is 8.84. The molecular weight excluding hydrogens is 270 g/mol. The monoisotopic (exact) mass is 287 g/mol. The Morgan fingerprint density at radius 1 is 1.33 bits per heavy atom. The summed E-state index contributed by atoms with van der Waals surface area (Å²) in [4.78, 5) is 4.54. The molecule has 2 aliphatic heterocycles. The van der Waals surface area contributed by atoms with E-state index >= 15 is 0 Å². The van der Waals surface area contributed by atoms with Gasteiger partial charge in [-0.25, -0.2) is 0 Å². The van der Waals surface area contributed by atoms with E-state index in [0.29, 0.717) is 17.7 Å². The summed E-state index contributed by atoms with van der Waals surface area (Å²) in [5.74, 6) is 4.96. The average molecular weight is 287 g/mol. The Labute approximate surface area is 115 Å². The zero-order valence-corrected chi connectivity index (χ0v) is 11.7. The van der Waals surface area contributed by atoms with E-state index in [1.807, 2.05) is 23.5 Å². The first kappa shape index (κ1) is 12.8. The molecule has 0 bridgehead atoms. The van der Waals surface area contributed by atoms with Gasteiger partial charge in [0.1, 0.15) is 0 Å². The minimum atomic E-state index is 0.0567. The van der Waals surface area contributed by atoms with E-state index in [-0.39, 0.29) is 12.0 Å². The Kier molecular flexibility index (Phi) is 4.13. The first-order valence-electron chi connectivity index (χ1n) is 6.21. The van der Waals surface area contributed by atoms with Crippen LogP contribution in [0.25, 0.3) is 0 Å². The lowest BCUT2D eigenvalue weighted by molar-refractivity contribution is 0.0590. The van der Waals surface area contributed by atoms with E-state index in [2.05, 4.69) is 10.1 Å². The van der Waals surface area contributed by atoms with E-state index in [1.54, 1.807) is 0 Å². The molecule has 0 spiro atoms. The highest BCUT2D eigenvalue weighted by Gasteiger charge is 2.30. The van der Waals surface area contributed by atoms with Crippen LogP contribution in [0.1, 0.15) is 29.3 Å². The van der Waals surface area contributed by atoms with Crippen molar-refractivity contribution in [2.24, 2.45) is 5.73 Å². The molecule has 3 atom stereocenters. The van der Waals surface area contributed by atoms with Crippen LogP contribution in [-0.4, -0.2) is 46.7 Å². The van der Waals surface area contributed by atoms with Crippen molar-refractivity contribution in [2.45, 2.75) is 23.6 Å². The van der Waals surface area contributed by atoms with Gasteiger partial charge < -0.3 is 15.0 Å². The molecule has 5 nitrogen and oxygen atoms in total. The highest BCUT2D eigenvalue weighted by Crippen LogP contribution is 2.36. The highest BCUT2D eigenvalue weighted by atomic mass is 32.2. The van der Waals surface area contributed by atoms with Crippen LogP contribution >= 0.6 is 23.5 Å². The van der Waals surface area contributed by atoms with Crippen molar-refractivity contribution in [2.75, 3.05) is 30.5 Å². The van der Waals surface area contributed by atoms with E-state index in [0.717, 1.165) is 30.4 Å². The lowest BCUT2D eigenvalue weighted by atomic mass is 9.97. The molecular formula is C11H17N3O2S2. The smallest absolute Gasteiger partial charge is 0.233 e. The molecule has 1 aromatic heterocycles. The number of ether oxygens (including phenoxy) is 1. The van der Waals surface area contributed by atoms with Gasteiger partial charge in [0.05, 0.1) is 17.8 Å². The summed E-state index contributed by atoms with van der Waals surface area (Å²) in [5.41, 5.74) is 6.08. The predicted molar refractivity (Wildman–Crippen MR) is 73.0 cm³/mol. The van der Waals surface area contributed by atoms with Gasteiger partial charge in [0.2, 0.25) is 5.89 Å². The summed E-state index contributed by atoms with van der Waals surface area (Å²) in [5, 5.41) is 4.48. The summed E-state index contributed by atoms with van der Waals surface area (Å²) in [7, 11) is 0. The van der Waals surface area contributed by atoms with Crippen molar-refractivity contribution >= 4 is 23.5 Å². The third-order valence-corrected chi connectivity index (χ3v) is 6.04. The third-order valence-electron chi connectivity index (χ3n) is 3.29. The molecule has 2 aliphatic rings. The molecule has 3 rings (SSSR count). The summed E-state index contributed by atoms with van der Waals surface area (Å²) < 4.78 is 10.8. The topological polar surface area (TPSA) is 74.2 Å². The molecule has 0 radical (unpaired) electrons. The summed E-state index contributed by atoms with van der Waals surface area (Å²) >= 11 is 3.86. The van der Waals surface area contributed by atoms with Crippen molar-refractivity contribution in [3.63, 3.8) is 0 Å². The van der Waals surface area contributed by atoms with Gasteiger partial charge >= 0.3 is 0 Å². The van der Waals surface area contributed by atoms with E-state index in [9.17, 15) is 0 Å². The number of rotatable bonds is 2. The Bertz CT molecular complexity index is 395. The third kappa shape index (κ3) is 2.68. The van der Waals surface area contributed by atoms with Gasteiger partial charge in [-0.3, -0.25) is 0 Å². The molecule has 0 aliphatic carbocycles. The summed E-state index contributed by atoms with van der Waals surface area (Å²) in [6.07, 6.45) is 0.858. The van der Waals surface area contributed by atoms with Crippen LogP contribution in [0.4, 0.5) is 0 Å². The van der Waals surface area contributed by atoms with Crippen LogP contribution in [0.15, 0.2) is 4.52 Å². The lowest BCUT2D eigenvalue weighted by Gasteiger charge is -2.25. The van der Waals surface area contributed by atoms with Crippen LogP contribution in [0.2, 0.25) is 0 Å². The van der Waals surface area contributed by atoms with Crippen LogP contribution in [0, 0.1) is 0 Å². The molecule has 2 saturated heterocycles. The second kappa shape index (κ2) is 5.81. The predicted octanol–water partition coefficient (Wildman–Crippen LogP) is 1.42. The molecule has 0 aromatic carbocycles. The molecule has 100 valence electrons. The molecule has 2 N–H and O–H groups in total. The number of hydrogen-bond acceptors (Lipinski definition) is 7. The number of thioether (sulfide) groups is 2. The number of aromatic nitrogens is 2. The standard InChI is InChI=1S/C11H17N3O2S2/c12-8-1-2-15-5-7(8)11-13-10(14-16-11)9-6-17-3-4-18-9/h7-9H,1-6,12H2. The molecule has 1 aromatic rings. The lowest BCUT2D eigenvalue weighted by Crippen LogP contribution is -2.37. The van der Waals surface area contributed by atoms with Crippen molar-refractivity contribution in [1.82, 2.24) is 10.1 Å². The maximum atomic E-state index is 6.08. The quantitative estimate of drug-likeness (QED) is 0.881. The fourth-order valence-corrected chi connectivity index (χ4v) is 4.76. The van der Waals surface area contributed by atoms with Gasteiger partial charge in [-0.2, -0.15) is 16.7 Å². The molecule has 0 amide bonds.